The summed E-state index contributed by atoms with van der Waals surface area (Å²) in [4.78, 5) is 7.33. The van der Waals surface area contributed by atoms with Crippen LogP contribution in [0.3, 0.4) is 0 Å². The summed E-state index contributed by atoms with van der Waals surface area (Å²) in [6.07, 6.45) is 5.54. The van der Waals surface area contributed by atoms with Gasteiger partial charge in [0.15, 0.2) is 10.4 Å². The van der Waals surface area contributed by atoms with E-state index in [9.17, 15) is 13.5 Å². The molecule has 3 N–H and O–H groups in total. The average molecular weight is 526 g/mol. The van der Waals surface area contributed by atoms with Gasteiger partial charge < -0.3 is 10.1 Å². The Balaban J connectivity index is 1.51. The van der Waals surface area contributed by atoms with E-state index in [-0.39, 0.29) is 23.1 Å². The van der Waals surface area contributed by atoms with Crippen LogP contribution >= 0.6 is 22.9 Å². The maximum Gasteiger partial charge on any atom is 0.248 e. The number of aromatic nitrogens is 2. The van der Waals surface area contributed by atoms with Crippen molar-refractivity contribution in [2.75, 3.05) is 4.72 Å². The lowest BCUT2D eigenvalue weighted by Gasteiger charge is -2.30. The maximum absolute atomic E-state index is 13.6. The molecule has 5 rings (SSSR count). The molecule has 2 aromatic heterocycles. The molecule has 4 aromatic rings. The topological polar surface area (TPSA) is 120 Å². The number of anilines is 1. The molecule has 2 aromatic carbocycles. The Morgan fingerprint density at radius 2 is 2.00 bits per heavy atom. The van der Waals surface area contributed by atoms with Crippen molar-refractivity contribution in [1.82, 2.24) is 9.97 Å². The zero-order valence-corrected chi connectivity index (χ0v) is 20.8. The Hall–Kier alpha value is -3.47. The third-order valence-electron chi connectivity index (χ3n) is 5.72. The Kier molecular flexibility index (Phi) is 5.96. The summed E-state index contributed by atoms with van der Waals surface area (Å²) in [5.41, 5.74) is 2.66. The molecule has 1 aliphatic carbocycles. The largest absolute Gasteiger partial charge is 0.493 e. The lowest BCUT2D eigenvalue weighted by Crippen LogP contribution is -2.39. The average Bonchev–Trinajstić information content (AvgIpc) is 3.42. The minimum atomic E-state index is -3.93. The van der Waals surface area contributed by atoms with E-state index < -0.39 is 14.8 Å². The molecule has 0 saturated heterocycles. The van der Waals surface area contributed by atoms with Crippen molar-refractivity contribution in [2.24, 2.45) is 10.2 Å². The lowest BCUT2D eigenvalue weighted by molar-refractivity contribution is 0.459. The van der Waals surface area contributed by atoms with Crippen molar-refractivity contribution in [3.05, 3.63) is 88.4 Å². The summed E-state index contributed by atoms with van der Waals surface area (Å²) in [5.74, 6) is -0.148. The molecule has 0 fully saturated rings. The highest BCUT2D eigenvalue weighted by Crippen LogP contribution is 2.42. The van der Waals surface area contributed by atoms with Crippen LogP contribution in [0.2, 0.25) is 5.02 Å². The number of para-hydroxylation sites is 1. The fourth-order valence-electron chi connectivity index (χ4n) is 3.83. The van der Waals surface area contributed by atoms with Crippen LogP contribution in [0, 0.1) is 0 Å². The van der Waals surface area contributed by atoms with Gasteiger partial charge in [0.05, 0.1) is 11.2 Å². The van der Waals surface area contributed by atoms with E-state index in [1.54, 1.807) is 60.0 Å². The number of sulfonamides is 1. The number of fused-ring (bicyclic) bond motifs is 1. The van der Waals surface area contributed by atoms with Crippen molar-refractivity contribution < 1.29 is 13.5 Å². The van der Waals surface area contributed by atoms with E-state index in [0.717, 1.165) is 16.9 Å². The number of benzene rings is 2. The number of hydrogen-bond donors (Lipinski definition) is 3. The zero-order valence-electron chi connectivity index (χ0n) is 18.4. The van der Waals surface area contributed by atoms with Gasteiger partial charge in [0.2, 0.25) is 21.0 Å². The Morgan fingerprint density at radius 1 is 1.20 bits per heavy atom. The first-order valence-corrected chi connectivity index (χ1v) is 13.3. The number of rotatable bonds is 6. The second kappa shape index (κ2) is 8.95. The van der Waals surface area contributed by atoms with Gasteiger partial charge in [-0.3, -0.25) is 4.72 Å². The van der Waals surface area contributed by atoms with Gasteiger partial charge in [-0.05, 0) is 43.7 Å². The quantitative estimate of drug-likeness (QED) is 0.236. The van der Waals surface area contributed by atoms with Crippen LogP contribution in [-0.2, 0) is 14.8 Å². The number of hydrogen-bond acceptors (Lipinski definition) is 7. The Bertz CT molecular complexity index is 1610. The van der Waals surface area contributed by atoms with Crippen molar-refractivity contribution >= 4 is 60.4 Å². The van der Waals surface area contributed by atoms with Crippen LogP contribution < -0.4 is 4.72 Å². The Labute approximate surface area is 210 Å². The summed E-state index contributed by atoms with van der Waals surface area (Å²) in [5, 5.41) is 21.6. The number of H-pyrrole nitrogens is 1. The number of nitrogens with zero attached hydrogens (tertiary/aromatic N) is 3. The van der Waals surface area contributed by atoms with Crippen LogP contribution in [0.5, 0.6) is 5.88 Å². The van der Waals surface area contributed by atoms with E-state index in [4.69, 9.17) is 11.6 Å². The lowest BCUT2D eigenvalue weighted by atomic mass is 9.94. The third-order valence-corrected chi connectivity index (χ3v) is 8.66. The number of aromatic amines is 1. The van der Waals surface area contributed by atoms with Crippen LogP contribution in [0.25, 0.3) is 10.9 Å². The van der Waals surface area contributed by atoms with E-state index in [1.807, 2.05) is 19.1 Å². The molecular formula is C24H20ClN5O3S2. The van der Waals surface area contributed by atoms with Crippen molar-refractivity contribution in [3.8, 4) is 5.88 Å². The highest BCUT2D eigenvalue weighted by molar-refractivity contribution is 7.93. The van der Waals surface area contributed by atoms with E-state index in [2.05, 4.69) is 24.9 Å². The molecule has 1 aliphatic rings. The predicted octanol–water partition coefficient (Wildman–Crippen LogP) is 6.94. The molecule has 1 atom stereocenters. The second-order valence-electron chi connectivity index (χ2n) is 8.07. The molecule has 0 saturated carbocycles. The molecule has 35 heavy (non-hydrogen) atoms. The molecule has 1 unspecified atom stereocenters. The van der Waals surface area contributed by atoms with Gasteiger partial charge >= 0.3 is 0 Å². The van der Waals surface area contributed by atoms with Crippen LogP contribution in [0.1, 0.15) is 19.0 Å². The number of thiazole rings is 1. The summed E-state index contributed by atoms with van der Waals surface area (Å²) in [6, 6.07) is 13.8. The van der Waals surface area contributed by atoms with Crippen LogP contribution in [0.4, 0.5) is 16.5 Å². The van der Waals surface area contributed by atoms with Gasteiger partial charge in [-0.2, -0.15) is 0 Å². The highest BCUT2D eigenvalue weighted by Gasteiger charge is 2.46. The smallest absolute Gasteiger partial charge is 0.248 e. The summed E-state index contributed by atoms with van der Waals surface area (Å²) in [7, 11) is -3.93. The fourth-order valence-corrected chi connectivity index (χ4v) is 6.35. The van der Waals surface area contributed by atoms with Gasteiger partial charge in [0.25, 0.3) is 0 Å². The number of aromatic hydroxyl groups is 1. The maximum atomic E-state index is 13.6. The summed E-state index contributed by atoms with van der Waals surface area (Å²) >= 11 is 7.25. The monoisotopic (exact) mass is 525 g/mol. The number of halogens is 1. The SMILES string of the molecule is CC1=CCC(c2csc(N=Nc3c(O)[nH]c4ccc(Cl)cc34)n2)(S(=O)(=O)Nc2ccccc2)C=C1. The van der Waals surface area contributed by atoms with Gasteiger partial charge in [-0.25, -0.2) is 13.4 Å². The van der Waals surface area contributed by atoms with Crippen LogP contribution in [0.15, 0.2) is 87.9 Å². The number of nitrogens with one attached hydrogen (secondary N) is 2. The van der Waals surface area contributed by atoms with Gasteiger partial charge in [-0.1, -0.05) is 53.6 Å². The number of allylic oxidation sites excluding steroid dienone is 3. The third kappa shape index (κ3) is 4.36. The first kappa shape index (κ1) is 23.3. The fraction of sp³-hybridized carbons (Fsp3) is 0.125. The molecule has 0 spiro atoms. The molecule has 8 nitrogen and oxygen atoms in total. The first-order valence-electron chi connectivity index (χ1n) is 10.6. The molecule has 11 heteroatoms. The highest BCUT2D eigenvalue weighted by atomic mass is 35.5. The number of azo groups is 1. The Morgan fingerprint density at radius 3 is 2.74 bits per heavy atom. The zero-order chi connectivity index (χ0) is 24.6. The van der Waals surface area contributed by atoms with E-state index in [0.29, 0.717) is 27.3 Å². The molecule has 178 valence electrons. The molecule has 0 aliphatic heterocycles. The minimum Gasteiger partial charge on any atom is -0.493 e. The normalized spacial score (nSPS) is 18.3. The van der Waals surface area contributed by atoms with Gasteiger partial charge in [0.1, 0.15) is 0 Å². The molecule has 0 radical (unpaired) electrons. The molecule has 0 bridgehead atoms. The van der Waals surface area contributed by atoms with E-state index in [1.165, 1.54) is 0 Å². The van der Waals surface area contributed by atoms with Crippen molar-refractivity contribution in [1.29, 1.82) is 0 Å². The molecule has 2 heterocycles. The molecular weight excluding hydrogens is 506 g/mol. The minimum absolute atomic E-state index is 0.148. The summed E-state index contributed by atoms with van der Waals surface area (Å²) < 4.78 is 28.5. The summed E-state index contributed by atoms with van der Waals surface area (Å²) in [6.45, 7) is 1.91. The standard InChI is InChI=1S/C24H20ClN5O3S2/c1-15-9-11-24(12-10-15,35(32,33)30-17-5-3-2-4-6-17)20-14-34-23(27-20)29-28-21-18-13-16(25)7-8-19(18)26-22(21)31/h2-11,13-14,26,30-31H,12H2,1H3. The predicted molar refractivity (Wildman–Crippen MR) is 139 cm³/mol. The first-order chi connectivity index (χ1) is 16.8. The van der Waals surface area contributed by atoms with Gasteiger partial charge in [-0.15, -0.1) is 21.6 Å². The van der Waals surface area contributed by atoms with Crippen LogP contribution in [-0.4, -0.2) is 23.5 Å². The van der Waals surface area contributed by atoms with Crippen molar-refractivity contribution in [3.63, 3.8) is 0 Å². The van der Waals surface area contributed by atoms with Gasteiger partial charge in [0, 0.05) is 21.5 Å². The van der Waals surface area contributed by atoms with Crippen molar-refractivity contribution in [2.45, 2.75) is 18.1 Å². The molecule has 0 amide bonds. The van der Waals surface area contributed by atoms with E-state index >= 15 is 0 Å². The second-order valence-corrected chi connectivity index (χ2v) is 11.3.